The third-order valence-corrected chi connectivity index (χ3v) is 6.19. The van der Waals surface area contributed by atoms with Gasteiger partial charge >= 0.3 is 0 Å². The zero-order valence-corrected chi connectivity index (χ0v) is 17.5. The molecule has 144 valence electrons. The summed E-state index contributed by atoms with van der Waals surface area (Å²) in [5.41, 5.74) is 1.82. The van der Waals surface area contributed by atoms with Crippen molar-refractivity contribution in [2.45, 2.75) is 11.8 Å². The quantitative estimate of drug-likeness (QED) is 0.701. The van der Waals surface area contributed by atoms with Crippen LogP contribution in [0.2, 0.25) is 0 Å². The van der Waals surface area contributed by atoms with Gasteiger partial charge in [-0.25, -0.2) is 8.42 Å². The number of anilines is 1. The molecule has 9 heteroatoms. The second kappa shape index (κ2) is 8.64. The summed E-state index contributed by atoms with van der Waals surface area (Å²) in [5, 5.41) is 5.17. The van der Waals surface area contributed by atoms with Crippen LogP contribution in [0.15, 0.2) is 51.8 Å². The fourth-order valence-electron chi connectivity index (χ4n) is 2.35. The van der Waals surface area contributed by atoms with Crippen molar-refractivity contribution in [3.05, 3.63) is 58.1 Å². The minimum Gasteiger partial charge on any atom is -0.355 e. The van der Waals surface area contributed by atoms with Gasteiger partial charge in [0, 0.05) is 29.8 Å². The van der Waals surface area contributed by atoms with Crippen LogP contribution in [0.4, 0.5) is 5.69 Å². The molecule has 2 aromatic rings. The average molecular weight is 454 g/mol. The molecule has 0 atom stereocenters. The first kappa shape index (κ1) is 21.1. The van der Waals surface area contributed by atoms with E-state index in [9.17, 15) is 18.0 Å². The second-order valence-electron chi connectivity index (χ2n) is 5.87. The lowest BCUT2D eigenvalue weighted by atomic mass is 10.2. The number of sulfonamides is 1. The molecule has 0 aliphatic heterocycles. The molecule has 2 rings (SSSR count). The summed E-state index contributed by atoms with van der Waals surface area (Å²) in [6.07, 6.45) is 0. The van der Waals surface area contributed by atoms with E-state index in [1.807, 2.05) is 13.0 Å². The van der Waals surface area contributed by atoms with E-state index >= 15 is 0 Å². The Bertz CT molecular complexity index is 959. The smallest absolute Gasteiger partial charge is 0.251 e. The molecule has 0 radical (unpaired) electrons. The molecule has 0 unspecified atom stereocenters. The van der Waals surface area contributed by atoms with E-state index < -0.39 is 15.9 Å². The van der Waals surface area contributed by atoms with Gasteiger partial charge in [-0.05, 0) is 55.0 Å². The van der Waals surface area contributed by atoms with Gasteiger partial charge < -0.3 is 10.6 Å². The van der Waals surface area contributed by atoms with Gasteiger partial charge in [0.2, 0.25) is 15.9 Å². The Morgan fingerprint density at radius 1 is 1.11 bits per heavy atom. The van der Waals surface area contributed by atoms with Crippen molar-refractivity contribution in [3.63, 3.8) is 0 Å². The van der Waals surface area contributed by atoms with E-state index in [0.29, 0.717) is 11.3 Å². The van der Waals surface area contributed by atoms with E-state index in [1.54, 1.807) is 12.1 Å². The third kappa shape index (κ3) is 5.15. The largest absolute Gasteiger partial charge is 0.355 e. The summed E-state index contributed by atoms with van der Waals surface area (Å²) in [5.74, 6) is -0.759. The number of benzene rings is 2. The van der Waals surface area contributed by atoms with Crippen LogP contribution in [0.1, 0.15) is 15.9 Å². The van der Waals surface area contributed by atoms with E-state index in [1.165, 1.54) is 38.4 Å². The molecule has 0 aliphatic rings. The number of nitrogens with zero attached hydrogens (tertiary/aromatic N) is 1. The molecule has 27 heavy (non-hydrogen) atoms. The van der Waals surface area contributed by atoms with Crippen LogP contribution in [-0.2, 0) is 14.8 Å². The highest BCUT2D eigenvalue weighted by Gasteiger charge is 2.23. The van der Waals surface area contributed by atoms with Crippen molar-refractivity contribution in [1.29, 1.82) is 0 Å². The van der Waals surface area contributed by atoms with Crippen molar-refractivity contribution in [2.75, 3.05) is 26.0 Å². The average Bonchev–Trinajstić information content (AvgIpc) is 2.63. The SMILES string of the molecule is CNC(=O)c1ccc(S(=O)(=O)N(C)CC(=O)Nc2ccc(Br)cc2C)cc1. The normalized spacial score (nSPS) is 11.3. The summed E-state index contributed by atoms with van der Waals surface area (Å²) in [7, 11) is -1.04. The van der Waals surface area contributed by atoms with Crippen LogP contribution in [0, 0.1) is 6.92 Å². The van der Waals surface area contributed by atoms with Gasteiger partial charge in [-0.3, -0.25) is 9.59 Å². The molecule has 0 saturated heterocycles. The predicted octanol–water partition coefficient (Wildman–Crippen LogP) is 2.38. The number of carbonyl (C=O) groups excluding carboxylic acids is 2. The van der Waals surface area contributed by atoms with Crippen LogP contribution in [-0.4, -0.2) is 45.2 Å². The lowest BCUT2D eigenvalue weighted by Crippen LogP contribution is -2.35. The molecular weight excluding hydrogens is 434 g/mol. The summed E-state index contributed by atoms with van der Waals surface area (Å²) >= 11 is 3.35. The molecule has 2 amide bonds. The first-order valence-electron chi connectivity index (χ1n) is 7.99. The van der Waals surface area contributed by atoms with Gasteiger partial charge in [0.1, 0.15) is 0 Å². The van der Waals surface area contributed by atoms with Crippen molar-refractivity contribution < 1.29 is 18.0 Å². The molecule has 2 aromatic carbocycles. The van der Waals surface area contributed by atoms with E-state index in [2.05, 4.69) is 26.6 Å². The fraction of sp³-hybridized carbons (Fsp3) is 0.222. The van der Waals surface area contributed by atoms with Crippen LogP contribution >= 0.6 is 15.9 Å². The maximum absolute atomic E-state index is 12.6. The standard InChI is InChI=1S/C18H20BrN3O4S/c1-12-10-14(19)6-9-16(12)21-17(23)11-22(3)27(25,26)15-7-4-13(5-8-15)18(24)20-2/h4-10H,11H2,1-3H3,(H,20,24)(H,21,23). The highest BCUT2D eigenvalue weighted by Crippen LogP contribution is 2.20. The molecular formula is C18H20BrN3O4S. The van der Waals surface area contributed by atoms with E-state index in [0.717, 1.165) is 14.3 Å². The molecule has 0 heterocycles. The van der Waals surface area contributed by atoms with Crippen molar-refractivity contribution in [2.24, 2.45) is 0 Å². The zero-order valence-electron chi connectivity index (χ0n) is 15.1. The molecule has 0 fully saturated rings. The summed E-state index contributed by atoms with van der Waals surface area (Å²) in [4.78, 5) is 23.8. The summed E-state index contributed by atoms with van der Waals surface area (Å²) in [6.45, 7) is 1.50. The maximum atomic E-state index is 12.6. The Morgan fingerprint density at radius 3 is 2.30 bits per heavy atom. The Hall–Kier alpha value is -2.23. The summed E-state index contributed by atoms with van der Waals surface area (Å²) in [6, 6.07) is 10.9. The molecule has 0 aromatic heterocycles. The Kier molecular flexibility index (Phi) is 6.74. The Balaban J connectivity index is 2.10. The topological polar surface area (TPSA) is 95.6 Å². The molecule has 0 saturated carbocycles. The Morgan fingerprint density at radius 2 is 1.74 bits per heavy atom. The van der Waals surface area contributed by atoms with Crippen molar-refractivity contribution >= 4 is 43.5 Å². The second-order valence-corrected chi connectivity index (χ2v) is 8.83. The minimum atomic E-state index is -3.86. The number of halogens is 1. The first-order valence-corrected chi connectivity index (χ1v) is 10.2. The molecule has 0 aliphatic carbocycles. The van der Waals surface area contributed by atoms with Gasteiger partial charge in [-0.15, -0.1) is 0 Å². The minimum absolute atomic E-state index is 0.00488. The third-order valence-electron chi connectivity index (χ3n) is 3.88. The van der Waals surface area contributed by atoms with Gasteiger partial charge in [-0.2, -0.15) is 4.31 Å². The van der Waals surface area contributed by atoms with Crippen LogP contribution in [0.5, 0.6) is 0 Å². The number of hydrogen-bond donors (Lipinski definition) is 2. The van der Waals surface area contributed by atoms with Crippen LogP contribution in [0.3, 0.4) is 0 Å². The van der Waals surface area contributed by atoms with Crippen LogP contribution < -0.4 is 10.6 Å². The number of carbonyl (C=O) groups is 2. The first-order chi connectivity index (χ1) is 12.6. The molecule has 2 N–H and O–H groups in total. The number of likely N-dealkylation sites (N-methyl/N-ethyl adjacent to an activating group) is 1. The monoisotopic (exact) mass is 453 g/mol. The maximum Gasteiger partial charge on any atom is 0.251 e. The lowest BCUT2D eigenvalue weighted by Gasteiger charge is -2.17. The molecule has 0 bridgehead atoms. The van der Waals surface area contributed by atoms with Crippen molar-refractivity contribution in [3.8, 4) is 0 Å². The van der Waals surface area contributed by atoms with Gasteiger partial charge in [-0.1, -0.05) is 15.9 Å². The van der Waals surface area contributed by atoms with E-state index in [4.69, 9.17) is 0 Å². The number of aryl methyl sites for hydroxylation is 1. The van der Waals surface area contributed by atoms with E-state index in [-0.39, 0.29) is 17.3 Å². The van der Waals surface area contributed by atoms with Gasteiger partial charge in [0.05, 0.1) is 11.4 Å². The molecule has 0 spiro atoms. The highest BCUT2D eigenvalue weighted by atomic mass is 79.9. The number of nitrogens with one attached hydrogen (secondary N) is 2. The van der Waals surface area contributed by atoms with Crippen LogP contribution in [0.25, 0.3) is 0 Å². The van der Waals surface area contributed by atoms with Gasteiger partial charge in [0.15, 0.2) is 0 Å². The predicted molar refractivity (Wildman–Crippen MR) is 107 cm³/mol. The molecule has 7 nitrogen and oxygen atoms in total. The zero-order chi connectivity index (χ0) is 20.2. The fourth-order valence-corrected chi connectivity index (χ4v) is 3.95. The van der Waals surface area contributed by atoms with Crippen molar-refractivity contribution in [1.82, 2.24) is 9.62 Å². The Labute approximate surface area is 166 Å². The van der Waals surface area contributed by atoms with Gasteiger partial charge in [0.25, 0.3) is 5.91 Å². The summed E-state index contributed by atoms with van der Waals surface area (Å²) < 4.78 is 27.1. The lowest BCUT2D eigenvalue weighted by molar-refractivity contribution is -0.116. The number of hydrogen-bond acceptors (Lipinski definition) is 4. The number of rotatable bonds is 6. The number of amides is 2. The highest BCUT2D eigenvalue weighted by molar-refractivity contribution is 9.10.